The average Bonchev–Trinajstić information content (AvgIpc) is 2.49. The van der Waals surface area contributed by atoms with Crippen LogP contribution in [0, 0.1) is 11.3 Å². The van der Waals surface area contributed by atoms with E-state index in [1.165, 1.54) is 6.20 Å². The van der Waals surface area contributed by atoms with Crippen molar-refractivity contribution in [3.8, 4) is 6.07 Å². The Morgan fingerprint density at radius 1 is 1.40 bits per heavy atom. The second-order valence-corrected chi connectivity index (χ2v) is 4.62. The standard InChI is InChI=1S/C14H17N5O/c1-18-6-8-19(9-7-18)14(20)12(10-15)11-17-13-4-2-3-5-16-13/h2-5,11H,6-9H2,1H3,(H,16,17)/b12-11-. The number of nitriles is 1. The lowest BCUT2D eigenvalue weighted by Crippen LogP contribution is -2.47. The van der Waals surface area contributed by atoms with Crippen LogP contribution in [0.25, 0.3) is 0 Å². The fraction of sp³-hybridized carbons (Fsp3) is 0.357. The van der Waals surface area contributed by atoms with E-state index in [4.69, 9.17) is 5.26 Å². The lowest BCUT2D eigenvalue weighted by molar-refractivity contribution is -0.128. The van der Waals surface area contributed by atoms with Crippen LogP contribution in [-0.4, -0.2) is 53.9 Å². The molecule has 2 heterocycles. The summed E-state index contributed by atoms with van der Waals surface area (Å²) in [4.78, 5) is 20.1. The van der Waals surface area contributed by atoms with Gasteiger partial charge in [0.25, 0.3) is 5.91 Å². The SMILES string of the molecule is CN1CCN(C(=O)/C(C#N)=C\Nc2ccccn2)CC1. The average molecular weight is 271 g/mol. The molecule has 1 aliphatic rings. The fourth-order valence-corrected chi connectivity index (χ4v) is 1.92. The quantitative estimate of drug-likeness (QED) is 0.646. The molecule has 0 unspecified atom stereocenters. The molecule has 0 radical (unpaired) electrons. The molecule has 0 aliphatic carbocycles. The van der Waals surface area contributed by atoms with Gasteiger partial charge in [0.2, 0.25) is 0 Å². The van der Waals surface area contributed by atoms with Crippen molar-refractivity contribution in [2.75, 3.05) is 38.5 Å². The maximum atomic E-state index is 12.2. The number of nitrogens with zero attached hydrogens (tertiary/aromatic N) is 4. The molecule has 6 heteroatoms. The maximum Gasteiger partial charge on any atom is 0.266 e. The highest BCUT2D eigenvalue weighted by atomic mass is 16.2. The predicted octanol–water partition coefficient (Wildman–Crippen LogP) is 0.675. The zero-order valence-corrected chi connectivity index (χ0v) is 11.4. The van der Waals surface area contributed by atoms with Crippen molar-refractivity contribution in [1.29, 1.82) is 5.26 Å². The van der Waals surface area contributed by atoms with Crippen LogP contribution >= 0.6 is 0 Å². The molecule has 1 amide bonds. The number of rotatable bonds is 3. The molecule has 6 nitrogen and oxygen atoms in total. The van der Waals surface area contributed by atoms with Gasteiger partial charge in [-0.3, -0.25) is 4.79 Å². The normalized spacial score (nSPS) is 16.6. The van der Waals surface area contributed by atoms with E-state index < -0.39 is 0 Å². The minimum absolute atomic E-state index is 0.0974. The van der Waals surface area contributed by atoms with Crippen molar-refractivity contribution in [3.05, 3.63) is 36.2 Å². The Kier molecular flexibility index (Phi) is 4.69. The number of hydrogen-bond acceptors (Lipinski definition) is 5. The van der Waals surface area contributed by atoms with E-state index in [0.717, 1.165) is 13.1 Å². The predicted molar refractivity (Wildman–Crippen MR) is 75.6 cm³/mol. The molecule has 1 saturated heterocycles. The van der Waals surface area contributed by atoms with E-state index in [0.29, 0.717) is 18.9 Å². The molecular formula is C14H17N5O. The van der Waals surface area contributed by atoms with Crippen LogP contribution in [0.15, 0.2) is 36.2 Å². The van der Waals surface area contributed by atoms with E-state index >= 15 is 0 Å². The van der Waals surface area contributed by atoms with E-state index in [1.54, 1.807) is 23.2 Å². The van der Waals surface area contributed by atoms with Crippen LogP contribution in [0.3, 0.4) is 0 Å². The number of aromatic nitrogens is 1. The van der Waals surface area contributed by atoms with Crippen LogP contribution in [0.4, 0.5) is 5.82 Å². The Bertz CT molecular complexity index is 526. The molecule has 2 rings (SSSR count). The number of nitrogens with one attached hydrogen (secondary N) is 1. The minimum Gasteiger partial charge on any atom is -0.345 e. The number of amides is 1. The summed E-state index contributed by atoms with van der Waals surface area (Å²) in [6.07, 6.45) is 3.06. The van der Waals surface area contributed by atoms with Crippen LogP contribution < -0.4 is 5.32 Å². The highest BCUT2D eigenvalue weighted by molar-refractivity contribution is 5.97. The molecule has 0 bridgehead atoms. The topological polar surface area (TPSA) is 72.3 Å². The van der Waals surface area contributed by atoms with Gasteiger partial charge in [-0.2, -0.15) is 5.26 Å². The maximum absolute atomic E-state index is 12.2. The minimum atomic E-state index is -0.232. The zero-order chi connectivity index (χ0) is 14.4. The van der Waals surface area contributed by atoms with Crippen LogP contribution in [-0.2, 0) is 4.79 Å². The van der Waals surface area contributed by atoms with Gasteiger partial charge < -0.3 is 15.1 Å². The number of likely N-dealkylation sites (N-methyl/N-ethyl adjacent to an activating group) is 1. The molecule has 1 aromatic rings. The molecule has 20 heavy (non-hydrogen) atoms. The number of hydrogen-bond donors (Lipinski definition) is 1. The Labute approximate surface area is 118 Å². The van der Waals surface area contributed by atoms with E-state index in [1.807, 2.05) is 19.2 Å². The summed E-state index contributed by atoms with van der Waals surface area (Å²) < 4.78 is 0. The number of carbonyl (C=O) groups excluding carboxylic acids is 1. The fourth-order valence-electron chi connectivity index (χ4n) is 1.92. The molecule has 1 N–H and O–H groups in total. The summed E-state index contributed by atoms with van der Waals surface area (Å²) in [5, 5.41) is 12.0. The van der Waals surface area contributed by atoms with Crippen molar-refractivity contribution < 1.29 is 4.79 Å². The van der Waals surface area contributed by atoms with Gasteiger partial charge in [-0.25, -0.2) is 4.98 Å². The first-order valence-electron chi connectivity index (χ1n) is 6.46. The van der Waals surface area contributed by atoms with Gasteiger partial charge in [0.05, 0.1) is 0 Å². The summed E-state index contributed by atoms with van der Waals surface area (Å²) in [7, 11) is 2.02. The second kappa shape index (κ2) is 6.68. The van der Waals surface area contributed by atoms with Crippen molar-refractivity contribution in [2.24, 2.45) is 0 Å². The van der Waals surface area contributed by atoms with Gasteiger partial charge >= 0.3 is 0 Å². The monoisotopic (exact) mass is 271 g/mol. The van der Waals surface area contributed by atoms with Gasteiger partial charge in [-0.1, -0.05) is 6.07 Å². The smallest absolute Gasteiger partial charge is 0.266 e. The van der Waals surface area contributed by atoms with Crippen molar-refractivity contribution in [1.82, 2.24) is 14.8 Å². The molecule has 0 aromatic carbocycles. The van der Waals surface area contributed by atoms with Crippen LogP contribution in [0.5, 0.6) is 0 Å². The first kappa shape index (κ1) is 14.0. The molecule has 0 spiro atoms. The van der Waals surface area contributed by atoms with Crippen LogP contribution in [0.1, 0.15) is 0 Å². The largest absolute Gasteiger partial charge is 0.345 e. The molecule has 0 atom stereocenters. The Morgan fingerprint density at radius 3 is 2.75 bits per heavy atom. The summed E-state index contributed by atoms with van der Waals surface area (Å²) in [6.45, 7) is 2.96. The van der Waals surface area contributed by atoms with Gasteiger partial charge in [0.15, 0.2) is 0 Å². The second-order valence-electron chi connectivity index (χ2n) is 4.62. The third kappa shape index (κ3) is 3.56. The molecule has 104 valence electrons. The Balaban J connectivity index is 2.01. The zero-order valence-electron chi connectivity index (χ0n) is 11.4. The summed E-state index contributed by atoms with van der Waals surface area (Å²) in [5.74, 6) is 0.371. The number of anilines is 1. The summed E-state index contributed by atoms with van der Waals surface area (Å²) in [6, 6.07) is 7.35. The number of carbonyl (C=O) groups is 1. The lowest BCUT2D eigenvalue weighted by Gasteiger charge is -2.32. The first-order chi connectivity index (χ1) is 9.70. The third-order valence-corrected chi connectivity index (χ3v) is 3.17. The van der Waals surface area contributed by atoms with Crippen molar-refractivity contribution in [2.45, 2.75) is 0 Å². The van der Waals surface area contributed by atoms with Crippen LogP contribution in [0.2, 0.25) is 0 Å². The van der Waals surface area contributed by atoms with E-state index in [9.17, 15) is 4.79 Å². The van der Waals surface area contributed by atoms with Gasteiger partial charge in [-0.15, -0.1) is 0 Å². The third-order valence-electron chi connectivity index (χ3n) is 3.17. The van der Waals surface area contributed by atoms with Gasteiger partial charge in [0, 0.05) is 38.6 Å². The van der Waals surface area contributed by atoms with Gasteiger partial charge in [-0.05, 0) is 19.2 Å². The van der Waals surface area contributed by atoms with E-state index in [2.05, 4.69) is 15.2 Å². The molecule has 1 aliphatic heterocycles. The first-order valence-corrected chi connectivity index (χ1v) is 6.46. The summed E-state index contributed by atoms with van der Waals surface area (Å²) >= 11 is 0. The summed E-state index contributed by atoms with van der Waals surface area (Å²) in [5.41, 5.74) is 0.0974. The Hall–Kier alpha value is -2.39. The highest BCUT2D eigenvalue weighted by Crippen LogP contribution is 2.07. The molecule has 1 fully saturated rings. The number of pyridine rings is 1. The van der Waals surface area contributed by atoms with Gasteiger partial charge in [0.1, 0.15) is 17.5 Å². The van der Waals surface area contributed by atoms with Crippen molar-refractivity contribution >= 4 is 11.7 Å². The molecule has 0 saturated carbocycles. The van der Waals surface area contributed by atoms with Crippen molar-refractivity contribution in [3.63, 3.8) is 0 Å². The lowest BCUT2D eigenvalue weighted by atomic mass is 10.2. The number of piperazine rings is 1. The highest BCUT2D eigenvalue weighted by Gasteiger charge is 2.21. The Morgan fingerprint density at radius 2 is 2.15 bits per heavy atom. The molecular weight excluding hydrogens is 254 g/mol. The molecule has 1 aromatic heterocycles. The van der Waals surface area contributed by atoms with E-state index in [-0.39, 0.29) is 11.5 Å².